The normalized spacial score (nSPS) is 26.0. The van der Waals surface area contributed by atoms with Gasteiger partial charge in [0.1, 0.15) is 0 Å². The van der Waals surface area contributed by atoms with Crippen LogP contribution in [0.2, 0.25) is 0 Å². The van der Waals surface area contributed by atoms with Gasteiger partial charge in [0.15, 0.2) is 0 Å². The fourth-order valence-electron chi connectivity index (χ4n) is 4.18. The van der Waals surface area contributed by atoms with E-state index in [9.17, 15) is 0 Å². The van der Waals surface area contributed by atoms with E-state index < -0.39 is 0 Å². The zero-order valence-corrected chi connectivity index (χ0v) is 13.6. The maximum atomic E-state index is 3.59. The van der Waals surface area contributed by atoms with Gasteiger partial charge in [-0.25, -0.2) is 0 Å². The van der Waals surface area contributed by atoms with Crippen LogP contribution in [0.4, 0.5) is 5.69 Å². The Hall–Kier alpha value is -1.02. The van der Waals surface area contributed by atoms with Gasteiger partial charge in [-0.1, -0.05) is 44.9 Å². The Balaban J connectivity index is 1.81. The Morgan fingerprint density at radius 1 is 1.10 bits per heavy atom. The average Bonchev–Trinajstić information content (AvgIpc) is 2.53. The van der Waals surface area contributed by atoms with Crippen molar-refractivity contribution in [2.24, 2.45) is 5.92 Å². The zero-order valence-electron chi connectivity index (χ0n) is 13.6. The summed E-state index contributed by atoms with van der Waals surface area (Å²) in [6.45, 7) is 6.68. The first-order valence-electron chi connectivity index (χ1n) is 8.83. The molecule has 1 aliphatic heterocycles. The third-order valence-corrected chi connectivity index (χ3v) is 5.25. The van der Waals surface area contributed by atoms with Crippen LogP contribution in [0, 0.1) is 5.92 Å². The van der Waals surface area contributed by atoms with E-state index in [0.717, 1.165) is 18.5 Å². The first-order valence-corrected chi connectivity index (χ1v) is 8.83. The Morgan fingerprint density at radius 3 is 2.71 bits per heavy atom. The minimum Gasteiger partial charge on any atom is -0.368 e. The van der Waals surface area contributed by atoms with Crippen LogP contribution in [-0.2, 0) is 6.54 Å². The molecule has 2 atom stereocenters. The summed E-state index contributed by atoms with van der Waals surface area (Å²) in [7, 11) is 0. The molecule has 1 saturated carbocycles. The third-order valence-electron chi connectivity index (χ3n) is 5.25. The van der Waals surface area contributed by atoms with Crippen LogP contribution in [0.3, 0.4) is 0 Å². The van der Waals surface area contributed by atoms with Crippen LogP contribution >= 0.6 is 0 Å². The average molecular weight is 286 g/mol. The number of benzene rings is 1. The first kappa shape index (κ1) is 14.9. The van der Waals surface area contributed by atoms with Crippen molar-refractivity contribution in [1.82, 2.24) is 5.32 Å². The van der Waals surface area contributed by atoms with Crippen molar-refractivity contribution in [3.8, 4) is 0 Å². The summed E-state index contributed by atoms with van der Waals surface area (Å²) in [5, 5.41) is 3.59. The second-order valence-corrected chi connectivity index (χ2v) is 7.11. The lowest BCUT2D eigenvalue weighted by atomic mass is 9.78. The summed E-state index contributed by atoms with van der Waals surface area (Å²) in [5.74, 6) is 0.943. The molecule has 1 heterocycles. The maximum Gasteiger partial charge on any atom is 0.0414 e. The molecule has 0 aromatic heterocycles. The highest BCUT2D eigenvalue weighted by atomic mass is 15.2. The molecule has 0 spiro atoms. The molecule has 1 aromatic carbocycles. The van der Waals surface area contributed by atoms with E-state index in [4.69, 9.17) is 0 Å². The molecule has 2 aliphatic rings. The predicted octanol–water partition coefficient (Wildman–Crippen LogP) is 4.34. The van der Waals surface area contributed by atoms with Crippen LogP contribution in [-0.4, -0.2) is 18.6 Å². The Labute approximate surface area is 129 Å². The summed E-state index contributed by atoms with van der Waals surface area (Å²) in [4.78, 5) is 2.74. The van der Waals surface area contributed by atoms with Gasteiger partial charge < -0.3 is 10.2 Å². The molecule has 1 N–H and O–H groups in total. The van der Waals surface area contributed by atoms with E-state index in [2.05, 4.69) is 48.3 Å². The van der Waals surface area contributed by atoms with Crippen LogP contribution in [0.15, 0.2) is 24.3 Å². The number of rotatable bonds is 4. The third kappa shape index (κ3) is 3.42. The SMILES string of the molecule is CC(C)NCc1ccccc1N1CCC[C@H]2CCCC[C@H]21. The summed E-state index contributed by atoms with van der Waals surface area (Å²) in [5.41, 5.74) is 2.96. The number of nitrogens with one attached hydrogen (secondary N) is 1. The summed E-state index contributed by atoms with van der Waals surface area (Å²) >= 11 is 0. The summed E-state index contributed by atoms with van der Waals surface area (Å²) < 4.78 is 0. The van der Waals surface area contributed by atoms with Crippen LogP contribution in [0.5, 0.6) is 0 Å². The molecule has 1 saturated heterocycles. The molecular formula is C19H30N2. The Bertz CT molecular complexity index is 453. The fraction of sp³-hybridized carbons (Fsp3) is 0.684. The lowest BCUT2D eigenvalue weighted by Crippen LogP contribution is -2.47. The Kier molecular flexibility index (Phi) is 4.84. The van der Waals surface area contributed by atoms with Crippen molar-refractivity contribution in [3.05, 3.63) is 29.8 Å². The number of fused-ring (bicyclic) bond motifs is 1. The van der Waals surface area contributed by atoms with Crippen molar-refractivity contribution in [3.63, 3.8) is 0 Å². The molecular weight excluding hydrogens is 256 g/mol. The highest BCUT2D eigenvalue weighted by Gasteiger charge is 2.33. The second kappa shape index (κ2) is 6.83. The van der Waals surface area contributed by atoms with Gasteiger partial charge in [0.05, 0.1) is 0 Å². The minimum atomic E-state index is 0.543. The molecule has 2 nitrogen and oxygen atoms in total. The number of anilines is 1. The van der Waals surface area contributed by atoms with Crippen molar-refractivity contribution in [2.75, 3.05) is 11.4 Å². The van der Waals surface area contributed by atoms with Gasteiger partial charge in [-0.15, -0.1) is 0 Å². The van der Waals surface area contributed by atoms with Gasteiger partial charge >= 0.3 is 0 Å². The topological polar surface area (TPSA) is 15.3 Å². The highest BCUT2D eigenvalue weighted by molar-refractivity contribution is 5.55. The molecule has 1 aromatic rings. The lowest BCUT2D eigenvalue weighted by Gasteiger charge is -2.46. The van der Waals surface area contributed by atoms with Gasteiger partial charge in [0, 0.05) is 30.9 Å². The number of para-hydroxylation sites is 1. The van der Waals surface area contributed by atoms with E-state index in [1.54, 1.807) is 0 Å². The summed E-state index contributed by atoms with van der Waals surface area (Å²) in [6, 6.07) is 10.4. The van der Waals surface area contributed by atoms with E-state index in [0.29, 0.717) is 6.04 Å². The van der Waals surface area contributed by atoms with Gasteiger partial charge in [0.25, 0.3) is 0 Å². The molecule has 116 valence electrons. The molecule has 3 rings (SSSR count). The highest BCUT2D eigenvalue weighted by Crippen LogP contribution is 2.38. The molecule has 2 fully saturated rings. The van der Waals surface area contributed by atoms with Crippen molar-refractivity contribution >= 4 is 5.69 Å². The Morgan fingerprint density at radius 2 is 1.86 bits per heavy atom. The number of piperidine rings is 1. The van der Waals surface area contributed by atoms with E-state index >= 15 is 0 Å². The van der Waals surface area contributed by atoms with E-state index in [1.165, 1.54) is 56.3 Å². The lowest BCUT2D eigenvalue weighted by molar-refractivity contribution is 0.243. The monoisotopic (exact) mass is 286 g/mol. The number of hydrogen-bond donors (Lipinski definition) is 1. The standard InChI is InChI=1S/C19H30N2/c1-15(2)20-14-17-9-4-6-12-19(17)21-13-7-10-16-8-3-5-11-18(16)21/h4,6,9,12,15-16,18,20H,3,5,7-8,10-11,13-14H2,1-2H3/t16-,18-/m1/s1. The number of nitrogens with zero attached hydrogens (tertiary/aromatic N) is 1. The molecule has 0 amide bonds. The van der Waals surface area contributed by atoms with Gasteiger partial charge in [-0.2, -0.15) is 0 Å². The molecule has 0 radical (unpaired) electrons. The largest absolute Gasteiger partial charge is 0.368 e. The molecule has 1 aliphatic carbocycles. The number of hydrogen-bond acceptors (Lipinski definition) is 2. The fourth-order valence-corrected chi connectivity index (χ4v) is 4.18. The molecule has 0 unspecified atom stereocenters. The smallest absolute Gasteiger partial charge is 0.0414 e. The second-order valence-electron chi connectivity index (χ2n) is 7.11. The molecule has 0 bridgehead atoms. The van der Waals surface area contributed by atoms with Crippen LogP contribution in [0.1, 0.15) is 57.9 Å². The quantitative estimate of drug-likeness (QED) is 0.885. The van der Waals surface area contributed by atoms with Gasteiger partial charge in [0.2, 0.25) is 0 Å². The molecule has 21 heavy (non-hydrogen) atoms. The van der Waals surface area contributed by atoms with Crippen molar-refractivity contribution in [2.45, 2.75) is 71.0 Å². The van der Waals surface area contributed by atoms with Crippen molar-refractivity contribution in [1.29, 1.82) is 0 Å². The van der Waals surface area contributed by atoms with Crippen LogP contribution < -0.4 is 10.2 Å². The van der Waals surface area contributed by atoms with E-state index in [1.807, 2.05) is 0 Å². The van der Waals surface area contributed by atoms with Crippen LogP contribution in [0.25, 0.3) is 0 Å². The maximum absolute atomic E-state index is 3.59. The predicted molar refractivity (Wildman–Crippen MR) is 90.7 cm³/mol. The minimum absolute atomic E-state index is 0.543. The van der Waals surface area contributed by atoms with Gasteiger partial charge in [-0.3, -0.25) is 0 Å². The zero-order chi connectivity index (χ0) is 14.7. The first-order chi connectivity index (χ1) is 10.3. The molecule has 2 heteroatoms. The van der Waals surface area contributed by atoms with E-state index in [-0.39, 0.29) is 0 Å². The van der Waals surface area contributed by atoms with Gasteiger partial charge in [-0.05, 0) is 43.2 Å². The van der Waals surface area contributed by atoms with Crippen molar-refractivity contribution < 1.29 is 0 Å². The summed E-state index contributed by atoms with van der Waals surface area (Å²) in [6.07, 6.45) is 8.54.